The van der Waals surface area contributed by atoms with E-state index in [1.165, 1.54) is 22.2 Å². The maximum Gasteiger partial charge on any atom is 0.270 e. The Bertz CT molecular complexity index is 1190. The number of ether oxygens (including phenoxy) is 1. The van der Waals surface area contributed by atoms with E-state index >= 15 is 0 Å². The topological polar surface area (TPSA) is 29.5 Å². The van der Waals surface area contributed by atoms with Crippen molar-refractivity contribution in [2.45, 2.75) is 13.5 Å². The average Bonchev–Trinajstić information content (AvgIpc) is 3.02. The number of carbonyl (C=O) groups excluding carboxylic acids is 1. The number of halogens is 2. The lowest BCUT2D eigenvalue weighted by Gasteiger charge is -2.15. The van der Waals surface area contributed by atoms with Gasteiger partial charge in [0, 0.05) is 4.47 Å². The first kappa shape index (κ1) is 22.1. The van der Waals surface area contributed by atoms with E-state index in [-0.39, 0.29) is 5.91 Å². The minimum atomic E-state index is -0.159. The molecule has 0 aliphatic carbocycles. The lowest BCUT2D eigenvalue weighted by Crippen LogP contribution is -2.27. The van der Waals surface area contributed by atoms with Crippen LogP contribution < -0.4 is 9.64 Å². The highest BCUT2D eigenvalue weighted by Crippen LogP contribution is 2.38. The Hall–Kier alpha value is -2.12. The number of thioether (sulfide) groups is 1. The zero-order valence-corrected chi connectivity index (χ0v) is 20.4. The van der Waals surface area contributed by atoms with Crippen LogP contribution in [0.2, 0.25) is 5.02 Å². The second-order valence-corrected chi connectivity index (χ2v) is 9.90. The number of hydrogen-bond acceptors (Lipinski definition) is 4. The average molecular weight is 531 g/mol. The van der Waals surface area contributed by atoms with Gasteiger partial charge in [0.2, 0.25) is 0 Å². The molecule has 1 aliphatic heterocycles. The second kappa shape index (κ2) is 9.57. The SMILES string of the molecule is Cc1cccc(COc2ccc(/C=C3/SC(=S)N(c4ccc(Br)c(Cl)c4)C3=O)cc2)c1. The lowest BCUT2D eigenvalue weighted by atomic mass is 10.1. The molecule has 3 aromatic rings. The molecular weight excluding hydrogens is 514 g/mol. The zero-order valence-electron chi connectivity index (χ0n) is 16.5. The Balaban J connectivity index is 1.46. The highest BCUT2D eigenvalue weighted by molar-refractivity contribution is 9.10. The first-order valence-electron chi connectivity index (χ1n) is 9.42. The number of amides is 1. The normalized spacial score (nSPS) is 15.1. The number of nitrogens with zero attached hydrogens (tertiary/aromatic N) is 1. The Morgan fingerprint density at radius 3 is 2.61 bits per heavy atom. The number of benzene rings is 3. The summed E-state index contributed by atoms with van der Waals surface area (Å²) in [5.74, 6) is 0.615. The van der Waals surface area contributed by atoms with Crippen molar-refractivity contribution in [3.63, 3.8) is 0 Å². The van der Waals surface area contributed by atoms with E-state index in [0.29, 0.717) is 26.5 Å². The van der Waals surface area contributed by atoms with Crippen LogP contribution in [0.5, 0.6) is 5.75 Å². The molecule has 1 heterocycles. The van der Waals surface area contributed by atoms with E-state index in [0.717, 1.165) is 21.3 Å². The van der Waals surface area contributed by atoms with Gasteiger partial charge in [-0.3, -0.25) is 9.69 Å². The van der Waals surface area contributed by atoms with Crippen LogP contribution in [0.25, 0.3) is 6.08 Å². The Labute approximate surface area is 204 Å². The van der Waals surface area contributed by atoms with Crippen LogP contribution in [0.1, 0.15) is 16.7 Å². The van der Waals surface area contributed by atoms with Crippen molar-refractivity contribution in [2.75, 3.05) is 4.90 Å². The maximum atomic E-state index is 12.9. The minimum absolute atomic E-state index is 0.159. The number of hydrogen-bond donors (Lipinski definition) is 0. The molecule has 7 heteroatoms. The summed E-state index contributed by atoms with van der Waals surface area (Å²) in [5.41, 5.74) is 3.89. The van der Waals surface area contributed by atoms with Gasteiger partial charge in [-0.05, 0) is 70.4 Å². The van der Waals surface area contributed by atoms with Crippen LogP contribution in [0.15, 0.2) is 76.1 Å². The summed E-state index contributed by atoms with van der Waals surface area (Å²) in [6.07, 6.45) is 1.84. The van der Waals surface area contributed by atoms with Crippen molar-refractivity contribution in [3.8, 4) is 5.75 Å². The molecule has 1 saturated heterocycles. The molecule has 1 aliphatic rings. The molecule has 3 aromatic carbocycles. The standard InChI is InChI=1S/C24H17BrClNO2S2/c1-15-3-2-4-17(11-15)14-29-19-8-5-16(6-9-19)12-22-23(28)27(24(30)31-22)18-7-10-20(25)21(26)13-18/h2-13H,14H2,1H3/b22-12+. The van der Waals surface area contributed by atoms with Crippen molar-refractivity contribution in [1.29, 1.82) is 0 Å². The van der Waals surface area contributed by atoms with Crippen molar-refractivity contribution in [1.82, 2.24) is 0 Å². The van der Waals surface area contributed by atoms with Gasteiger partial charge in [0.1, 0.15) is 12.4 Å². The predicted molar refractivity (Wildman–Crippen MR) is 137 cm³/mol. The van der Waals surface area contributed by atoms with E-state index < -0.39 is 0 Å². The van der Waals surface area contributed by atoms with Gasteiger partial charge in [0.05, 0.1) is 15.6 Å². The van der Waals surface area contributed by atoms with Gasteiger partial charge in [-0.25, -0.2) is 0 Å². The number of carbonyl (C=O) groups is 1. The molecule has 0 unspecified atom stereocenters. The molecule has 0 saturated carbocycles. The molecule has 0 aromatic heterocycles. The lowest BCUT2D eigenvalue weighted by molar-refractivity contribution is -0.113. The summed E-state index contributed by atoms with van der Waals surface area (Å²) in [6.45, 7) is 2.57. The minimum Gasteiger partial charge on any atom is -0.489 e. The first-order valence-corrected chi connectivity index (χ1v) is 11.8. The molecule has 1 amide bonds. The van der Waals surface area contributed by atoms with Crippen LogP contribution in [0, 0.1) is 6.92 Å². The van der Waals surface area contributed by atoms with Gasteiger partial charge in [-0.15, -0.1) is 0 Å². The van der Waals surface area contributed by atoms with Crippen molar-refractivity contribution >= 4 is 73.5 Å². The molecule has 156 valence electrons. The van der Waals surface area contributed by atoms with Gasteiger partial charge < -0.3 is 4.74 Å². The fraction of sp³-hybridized carbons (Fsp3) is 0.0833. The second-order valence-electron chi connectivity index (χ2n) is 6.96. The Morgan fingerprint density at radius 2 is 1.90 bits per heavy atom. The fourth-order valence-corrected chi connectivity index (χ4v) is 4.82. The molecule has 0 bridgehead atoms. The van der Waals surface area contributed by atoms with E-state index in [4.69, 9.17) is 28.6 Å². The Morgan fingerprint density at radius 1 is 1.13 bits per heavy atom. The van der Waals surface area contributed by atoms with Crippen LogP contribution in [-0.2, 0) is 11.4 Å². The van der Waals surface area contributed by atoms with Crippen LogP contribution in [0.4, 0.5) is 5.69 Å². The predicted octanol–water partition coefficient (Wildman–Crippen LogP) is 7.40. The number of aryl methyl sites for hydroxylation is 1. The molecule has 0 spiro atoms. The summed E-state index contributed by atoms with van der Waals surface area (Å²) >= 11 is 16.3. The van der Waals surface area contributed by atoms with E-state index in [1.807, 2.05) is 48.5 Å². The molecule has 0 N–H and O–H groups in total. The molecule has 4 rings (SSSR count). The van der Waals surface area contributed by atoms with E-state index in [1.54, 1.807) is 12.1 Å². The van der Waals surface area contributed by atoms with Gasteiger partial charge >= 0.3 is 0 Å². The van der Waals surface area contributed by atoms with Crippen molar-refractivity contribution < 1.29 is 9.53 Å². The number of anilines is 1. The maximum absolute atomic E-state index is 12.9. The molecule has 3 nitrogen and oxygen atoms in total. The molecule has 0 atom stereocenters. The van der Waals surface area contributed by atoms with Crippen LogP contribution >= 0.6 is 51.5 Å². The Kier molecular flexibility index (Phi) is 6.82. The largest absolute Gasteiger partial charge is 0.489 e. The summed E-state index contributed by atoms with van der Waals surface area (Å²) in [4.78, 5) is 15.0. The van der Waals surface area contributed by atoms with Crippen LogP contribution in [-0.4, -0.2) is 10.2 Å². The number of rotatable bonds is 5. The van der Waals surface area contributed by atoms with Gasteiger partial charge in [-0.2, -0.15) is 0 Å². The quantitative estimate of drug-likeness (QED) is 0.254. The summed E-state index contributed by atoms with van der Waals surface area (Å²) in [6, 6.07) is 21.2. The van der Waals surface area contributed by atoms with Crippen molar-refractivity contribution in [3.05, 3.63) is 97.8 Å². The first-order chi connectivity index (χ1) is 14.9. The molecule has 0 radical (unpaired) electrons. The summed E-state index contributed by atoms with van der Waals surface area (Å²) < 4.78 is 7.11. The van der Waals surface area contributed by atoms with E-state index in [9.17, 15) is 4.79 Å². The van der Waals surface area contributed by atoms with Gasteiger partial charge in [0.25, 0.3) is 5.91 Å². The zero-order chi connectivity index (χ0) is 22.0. The van der Waals surface area contributed by atoms with Gasteiger partial charge in [-0.1, -0.05) is 77.5 Å². The highest BCUT2D eigenvalue weighted by Gasteiger charge is 2.33. The third kappa shape index (κ3) is 5.21. The monoisotopic (exact) mass is 529 g/mol. The van der Waals surface area contributed by atoms with Crippen LogP contribution in [0.3, 0.4) is 0 Å². The summed E-state index contributed by atoms with van der Waals surface area (Å²) in [7, 11) is 0. The third-order valence-corrected chi connectivity index (χ3v) is 7.16. The molecular formula is C24H17BrClNO2S2. The molecule has 31 heavy (non-hydrogen) atoms. The third-order valence-electron chi connectivity index (χ3n) is 4.62. The molecule has 1 fully saturated rings. The van der Waals surface area contributed by atoms with Crippen molar-refractivity contribution in [2.24, 2.45) is 0 Å². The fourth-order valence-electron chi connectivity index (χ4n) is 3.09. The smallest absolute Gasteiger partial charge is 0.270 e. The van der Waals surface area contributed by atoms with E-state index in [2.05, 4.69) is 35.0 Å². The summed E-state index contributed by atoms with van der Waals surface area (Å²) in [5, 5.41) is 0.525. The number of thiocarbonyl (C=S) groups is 1. The van der Waals surface area contributed by atoms with Gasteiger partial charge in [0.15, 0.2) is 4.32 Å². The highest BCUT2D eigenvalue weighted by atomic mass is 79.9.